The summed E-state index contributed by atoms with van der Waals surface area (Å²) in [5.41, 5.74) is 4.83. The van der Waals surface area contributed by atoms with Gasteiger partial charge in [0.25, 0.3) is 15.6 Å². The summed E-state index contributed by atoms with van der Waals surface area (Å²) in [6.07, 6.45) is -6.63. The third-order valence-electron chi connectivity index (χ3n) is 8.70. The average Bonchev–Trinajstić information content (AvgIpc) is 3.69. The Balaban J connectivity index is 1.45. The van der Waals surface area contributed by atoms with Gasteiger partial charge < -0.3 is 73.8 Å². The normalized spacial score (nSPS) is 21.4. The van der Waals surface area contributed by atoms with Crippen molar-refractivity contribution in [1.29, 1.82) is 0 Å². The van der Waals surface area contributed by atoms with Crippen LogP contribution in [-0.2, 0) is 55.5 Å². The first-order valence-corrected chi connectivity index (χ1v) is 23.2. The first kappa shape index (κ1) is 51.3. The van der Waals surface area contributed by atoms with Crippen LogP contribution in [0.1, 0.15) is 59.6 Å². The Morgan fingerprint density at radius 1 is 1.05 bits per heavy atom. The number of phosphoric acid groups is 3. The molecule has 3 rings (SSSR count). The molecule has 0 radical (unpaired) electrons. The van der Waals surface area contributed by atoms with Gasteiger partial charge in [0.2, 0.25) is 11.8 Å². The fourth-order valence-corrected chi connectivity index (χ4v) is 8.92. The molecule has 2 aromatic rings. The molecule has 8 atom stereocenters. The molecule has 0 spiro atoms. The first-order valence-electron chi connectivity index (χ1n) is 17.8. The number of nitrogen functional groups attached to an aromatic ring is 1. The number of rotatable bonds is 25. The van der Waals surface area contributed by atoms with Gasteiger partial charge in [-0.05, 0) is 26.2 Å². The fourth-order valence-electron chi connectivity index (χ4n) is 5.43. The van der Waals surface area contributed by atoms with Gasteiger partial charge in [-0.15, -0.1) is 0 Å². The van der Waals surface area contributed by atoms with Crippen LogP contribution in [0.4, 0.5) is 5.82 Å². The summed E-state index contributed by atoms with van der Waals surface area (Å²) in [4.78, 5) is 108. The minimum Gasteiger partial charge on any atom is -0.790 e. The highest BCUT2D eigenvalue weighted by Crippen LogP contribution is 2.56. The second-order valence-electron chi connectivity index (χ2n) is 14.2. The summed E-state index contributed by atoms with van der Waals surface area (Å²) in [5, 5.41) is 26.1. The van der Waals surface area contributed by atoms with Gasteiger partial charge in [0.15, 0.2) is 22.8 Å². The van der Waals surface area contributed by atoms with E-state index in [1.807, 2.05) is 0 Å². The van der Waals surface area contributed by atoms with Gasteiger partial charge in [-0.25, -0.2) is 19.3 Å². The second kappa shape index (κ2) is 21.9. The Kier molecular flexibility index (Phi) is 18.7. The molecule has 3 heterocycles. The maximum absolute atomic E-state index is 12.6. The number of imidazole rings is 1. The van der Waals surface area contributed by atoms with Crippen LogP contribution in [0, 0.1) is 11.3 Å². The summed E-state index contributed by atoms with van der Waals surface area (Å²) in [5.74, 6) is -1.46. The van der Waals surface area contributed by atoms with E-state index < -0.39 is 84.6 Å². The SMILES string of the molecule is C=C(C)[C@H](CCC(C)=O)CC(=O)SCCNC(=O)CCNC(=O)[C@H](O)C(C)(C)COP(=O)([O-])OP(=O)([O-])OC[C@H]1O[C@@H](n2cnc3c(N)ncnc32)[C@H](O)[C@@H]1OP(=O)([O-])[O-]. The number of amides is 2. The van der Waals surface area contributed by atoms with Gasteiger partial charge in [-0.1, -0.05) is 37.8 Å². The number of nitrogens with two attached hydrogens (primary N) is 1. The van der Waals surface area contributed by atoms with Crippen LogP contribution in [0.15, 0.2) is 24.8 Å². The molecule has 1 fully saturated rings. The number of fused-ring (bicyclic) bond motifs is 1. The molecule has 29 heteroatoms. The first-order chi connectivity index (χ1) is 27.7. The molecule has 1 aliphatic rings. The number of thioether (sulfide) groups is 1. The molecule has 2 unspecified atom stereocenters. The van der Waals surface area contributed by atoms with E-state index in [1.54, 1.807) is 6.92 Å². The van der Waals surface area contributed by atoms with Crippen LogP contribution in [0.3, 0.4) is 0 Å². The number of allylic oxidation sites excluding steroid dienone is 1. The van der Waals surface area contributed by atoms with E-state index in [9.17, 15) is 62.7 Å². The number of carbonyl (C=O) groups excluding carboxylic acids is 4. The van der Waals surface area contributed by atoms with Gasteiger partial charge >= 0.3 is 0 Å². The van der Waals surface area contributed by atoms with E-state index in [0.29, 0.717) is 12.8 Å². The third kappa shape index (κ3) is 16.0. The Morgan fingerprint density at radius 2 is 1.72 bits per heavy atom. The maximum Gasteiger partial charge on any atom is 0.274 e. The number of phosphoric ester groups is 3. The molecule has 1 aliphatic heterocycles. The Labute approximate surface area is 347 Å². The predicted octanol–water partition coefficient (Wildman–Crippen LogP) is -1.91. The molecule has 0 saturated carbocycles. The van der Waals surface area contributed by atoms with Crippen molar-refractivity contribution in [2.24, 2.45) is 11.3 Å². The monoisotopic (exact) mass is 929 g/mol. The minimum absolute atomic E-state index is 0.0144. The maximum atomic E-state index is 12.6. The Bertz CT molecular complexity index is 2020. The summed E-state index contributed by atoms with van der Waals surface area (Å²) >= 11 is 1.01. The average molecular weight is 930 g/mol. The van der Waals surface area contributed by atoms with Crippen molar-refractivity contribution in [3.8, 4) is 0 Å². The van der Waals surface area contributed by atoms with Crippen molar-refractivity contribution < 1.29 is 85.3 Å². The van der Waals surface area contributed by atoms with Crippen molar-refractivity contribution in [2.75, 3.05) is 37.8 Å². The van der Waals surface area contributed by atoms with E-state index >= 15 is 0 Å². The zero-order valence-corrected chi connectivity index (χ0v) is 36.2. The lowest BCUT2D eigenvalue weighted by molar-refractivity contribution is -0.347. The van der Waals surface area contributed by atoms with E-state index in [2.05, 4.69) is 50.0 Å². The van der Waals surface area contributed by atoms with E-state index in [4.69, 9.17) is 10.5 Å². The molecule has 0 aliphatic carbocycles. The summed E-state index contributed by atoms with van der Waals surface area (Å²) in [6, 6.07) is 0. The number of nitrogens with one attached hydrogen (secondary N) is 2. The lowest BCUT2D eigenvalue weighted by Gasteiger charge is -2.36. The smallest absolute Gasteiger partial charge is 0.274 e. The largest absolute Gasteiger partial charge is 0.790 e. The van der Waals surface area contributed by atoms with Gasteiger partial charge in [-0.3, -0.25) is 28.1 Å². The number of hydrogen-bond acceptors (Lipinski definition) is 23. The highest BCUT2D eigenvalue weighted by Gasteiger charge is 2.47. The van der Waals surface area contributed by atoms with Crippen LogP contribution in [0.25, 0.3) is 11.2 Å². The minimum atomic E-state index is -5.93. The highest BCUT2D eigenvalue weighted by atomic mass is 32.2. The summed E-state index contributed by atoms with van der Waals surface area (Å²) in [6.45, 7) is 7.09. The molecule has 2 amide bonds. The van der Waals surface area contributed by atoms with Gasteiger partial charge in [0.05, 0.1) is 27.4 Å². The lowest BCUT2D eigenvalue weighted by atomic mass is 9.87. The van der Waals surface area contributed by atoms with Crippen molar-refractivity contribution >= 4 is 74.9 Å². The van der Waals surface area contributed by atoms with Crippen LogP contribution in [0.5, 0.6) is 0 Å². The molecule has 0 bridgehead atoms. The van der Waals surface area contributed by atoms with Crippen molar-refractivity contribution in [2.45, 2.75) is 84.0 Å². The summed E-state index contributed by atoms with van der Waals surface area (Å²) < 4.78 is 60.6. The van der Waals surface area contributed by atoms with Gasteiger partial charge in [-0.2, -0.15) is 0 Å². The molecule has 0 aromatic carbocycles. The molecule has 1 saturated heterocycles. The summed E-state index contributed by atoms with van der Waals surface area (Å²) in [7, 11) is -17.6. The topological polar surface area (TPSA) is 392 Å². The number of aliphatic hydroxyl groups excluding tert-OH is 2. The molecule has 2 aromatic heterocycles. The van der Waals surface area contributed by atoms with Crippen molar-refractivity contribution in [3.05, 3.63) is 24.8 Å². The second-order valence-corrected chi connectivity index (χ2v) is 19.4. The Hall–Kier alpha value is -3.03. The molecule has 6 N–H and O–H groups in total. The highest BCUT2D eigenvalue weighted by molar-refractivity contribution is 8.13. The number of aromatic nitrogens is 4. The number of nitrogens with zero attached hydrogens (tertiary/aromatic N) is 4. The number of hydrogen-bond donors (Lipinski definition) is 5. The van der Waals surface area contributed by atoms with E-state index in [0.717, 1.165) is 34.6 Å². The molecule has 25 nitrogen and oxygen atoms in total. The quantitative estimate of drug-likeness (QED) is 0.0412. The van der Waals surface area contributed by atoms with Crippen LogP contribution in [-0.4, -0.2) is 109 Å². The molecular weight excluding hydrogens is 883 g/mol. The molecule has 338 valence electrons. The molecular formula is C31H46N7O18P3S-4. The Morgan fingerprint density at radius 3 is 2.35 bits per heavy atom. The number of carbonyl (C=O) groups is 4. The standard InChI is InChI=1S/C31H50N7O18P3S/c1-17(2)19(7-6-18(3)39)12-22(41)60-11-10-33-21(40)8-9-34-29(44)26(43)31(4,5)14-53-59(50,51)56-58(48,49)52-13-20-25(55-57(45,46)47)24(42)30(54-20)38-16-37-23-27(32)35-15-36-28(23)38/h15-16,19-20,24-26,30,42-43H,1,6-14H2,2-5H3,(H,33,40)(H,34,44)(H,48,49)(H,50,51)(H2,32,35,36)(H2,45,46,47)/p-4/t19-,20-,24-,25-,26+,30-/m1/s1. The molecule has 60 heavy (non-hydrogen) atoms. The van der Waals surface area contributed by atoms with Gasteiger partial charge in [0, 0.05) is 43.5 Å². The van der Waals surface area contributed by atoms with Crippen molar-refractivity contribution in [3.63, 3.8) is 0 Å². The number of ether oxygens (including phenoxy) is 1. The van der Waals surface area contributed by atoms with Crippen LogP contribution >= 0.6 is 35.2 Å². The zero-order chi connectivity index (χ0) is 45.2. The predicted molar refractivity (Wildman–Crippen MR) is 201 cm³/mol. The van der Waals surface area contributed by atoms with Gasteiger partial charge in [0.1, 0.15) is 42.0 Å². The third-order valence-corrected chi connectivity index (χ3v) is 12.6. The fraction of sp³-hybridized carbons (Fsp3) is 0.645. The number of Topliss-reactive ketones (excluding diaryl/α,β-unsaturated/α-hetero) is 1. The zero-order valence-electron chi connectivity index (χ0n) is 32.7. The van der Waals surface area contributed by atoms with Crippen LogP contribution < -0.4 is 35.9 Å². The number of ketones is 1. The number of anilines is 1. The van der Waals surface area contributed by atoms with E-state index in [-0.39, 0.29) is 65.5 Å². The number of aliphatic hydroxyl groups is 2. The van der Waals surface area contributed by atoms with Crippen LogP contribution in [0.2, 0.25) is 0 Å². The lowest BCUT2D eigenvalue weighted by Crippen LogP contribution is -2.46. The van der Waals surface area contributed by atoms with E-state index in [1.165, 1.54) is 20.8 Å². The van der Waals surface area contributed by atoms with Crippen molar-refractivity contribution in [1.82, 2.24) is 30.2 Å².